The Morgan fingerprint density at radius 3 is 2.46 bits per heavy atom. The van der Waals surface area contributed by atoms with E-state index in [1.54, 1.807) is 0 Å². The molecule has 0 aliphatic rings. The van der Waals surface area contributed by atoms with Crippen LogP contribution in [0.1, 0.15) is 5.56 Å². The van der Waals surface area contributed by atoms with Crippen LogP contribution in [0.4, 0.5) is 0 Å². The number of rotatable bonds is 4. The minimum atomic E-state index is -3.43. The van der Waals surface area contributed by atoms with Crippen molar-refractivity contribution >= 4 is 20.7 Å². The van der Waals surface area contributed by atoms with Crippen LogP contribution in [0.5, 0.6) is 5.75 Å². The first kappa shape index (κ1) is 16.1. The Bertz CT molecular complexity index is 1060. The summed E-state index contributed by atoms with van der Waals surface area (Å²) in [6.45, 7) is 0.161. The molecule has 0 radical (unpaired) electrons. The van der Waals surface area contributed by atoms with E-state index in [9.17, 15) is 18.3 Å². The second-order valence-electron chi connectivity index (χ2n) is 5.37. The molecular weight excluding hydrogens is 330 g/mol. The zero-order valence-corrected chi connectivity index (χ0v) is 13.7. The van der Waals surface area contributed by atoms with Gasteiger partial charge < -0.3 is 9.94 Å². The van der Waals surface area contributed by atoms with Crippen molar-refractivity contribution in [1.29, 1.82) is 0 Å². The highest BCUT2D eigenvalue weighted by Gasteiger charge is 2.14. The van der Waals surface area contributed by atoms with Gasteiger partial charge in [0, 0.05) is 17.7 Å². The number of sulfone groups is 1. The lowest BCUT2D eigenvalue weighted by atomic mass is 10.2. The Morgan fingerprint density at radius 1 is 1.08 bits per heavy atom. The van der Waals surface area contributed by atoms with Crippen LogP contribution in [0, 0.1) is 0 Å². The average Bonchev–Trinajstić information content (AvgIpc) is 2.54. The molecule has 1 N–H and O–H groups in total. The van der Waals surface area contributed by atoms with Gasteiger partial charge in [-0.1, -0.05) is 30.3 Å². The lowest BCUT2D eigenvalue weighted by molar-refractivity contribution is 0.0990. The Labute approximate surface area is 138 Å². The fraction of sp³-hybridized carbons (Fsp3) is 0.118. The van der Waals surface area contributed by atoms with Crippen LogP contribution in [0.3, 0.4) is 0 Å². The average molecular weight is 345 g/mol. The highest BCUT2D eigenvalue weighted by atomic mass is 32.2. The lowest BCUT2D eigenvalue weighted by Crippen LogP contribution is -2.26. The number of hydrogen-bond acceptors (Lipinski definition) is 5. The Hall–Kier alpha value is -2.80. The van der Waals surface area contributed by atoms with Gasteiger partial charge in [0.1, 0.15) is 12.4 Å². The molecule has 0 saturated heterocycles. The highest BCUT2D eigenvalue weighted by molar-refractivity contribution is 7.90. The molecule has 7 heteroatoms. The summed E-state index contributed by atoms with van der Waals surface area (Å²) in [7, 11) is -3.43. The van der Waals surface area contributed by atoms with E-state index in [1.165, 1.54) is 18.2 Å². The normalized spacial score (nSPS) is 11.5. The van der Waals surface area contributed by atoms with Gasteiger partial charge in [0.2, 0.25) is 0 Å². The fourth-order valence-corrected chi connectivity index (χ4v) is 2.99. The summed E-state index contributed by atoms with van der Waals surface area (Å²) in [5.74, 6) is -0.292. The monoisotopic (exact) mass is 345 g/mol. The molecule has 24 heavy (non-hydrogen) atoms. The van der Waals surface area contributed by atoms with Crippen molar-refractivity contribution in [2.24, 2.45) is 0 Å². The summed E-state index contributed by atoms with van der Waals surface area (Å²) in [5, 5.41) is 10.2. The predicted octanol–water partition coefficient (Wildman–Crippen LogP) is 1.74. The van der Waals surface area contributed by atoms with Crippen molar-refractivity contribution in [2.75, 3.05) is 6.26 Å². The molecule has 0 bridgehead atoms. The zero-order valence-electron chi connectivity index (χ0n) is 12.8. The molecule has 1 heterocycles. The van der Waals surface area contributed by atoms with Crippen LogP contribution < -0.4 is 10.4 Å². The molecule has 0 aliphatic carbocycles. The van der Waals surface area contributed by atoms with Gasteiger partial charge in [0.25, 0.3) is 5.56 Å². The van der Waals surface area contributed by atoms with Crippen LogP contribution in [0.25, 0.3) is 10.9 Å². The molecule has 1 aromatic heterocycles. The number of fused-ring (bicyclic) bond motifs is 1. The van der Waals surface area contributed by atoms with Gasteiger partial charge in [0.15, 0.2) is 9.84 Å². The van der Waals surface area contributed by atoms with Crippen molar-refractivity contribution in [3.05, 3.63) is 70.5 Å². The van der Waals surface area contributed by atoms with Crippen LogP contribution in [0.15, 0.2) is 64.3 Å². The quantitative estimate of drug-likeness (QED) is 0.778. The van der Waals surface area contributed by atoms with E-state index in [4.69, 9.17) is 4.84 Å². The molecule has 0 atom stereocenters. The zero-order chi connectivity index (χ0) is 17.3. The largest absolute Gasteiger partial charge is 0.507 e. The van der Waals surface area contributed by atoms with E-state index in [0.29, 0.717) is 5.52 Å². The van der Waals surface area contributed by atoms with Crippen LogP contribution in [-0.4, -0.2) is 24.5 Å². The van der Waals surface area contributed by atoms with Crippen molar-refractivity contribution < 1.29 is 18.4 Å². The van der Waals surface area contributed by atoms with Crippen molar-refractivity contribution in [3.8, 4) is 5.75 Å². The smallest absolute Gasteiger partial charge is 0.287 e. The van der Waals surface area contributed by atoms with E-state index in [1.807, 2.05) is 30.3 Å². The highest BCUT2D eigenvalue weighted by Crippen LogP contribution is 2.25. The number of nitrogens with zero attached hydrogens (tertiary/aromatic N) is 1. The number of hydrogen-bond donors (Lipinski definition) is 1. The van der Waals surface area contributed by atoms with Gasteiger partial charge in [-0.15, -0.1) is 4.73 Å². The van der Waals surface area contributed by atoms with Crippen molar-refractivity contribution in [2.45, 2.75) is 11.5 Å². The summed E-state index contributed by atoms with van der Waals surface area (Å²) in [6.07, 6.45) is 1.08. The maximum absolute atomic E-state index is 12.1. The van der Waals surface area contributed by atoms with Crippen molar-refractivity contribution in [1.82, 2.24) is 4.73 Å². The summed E-state index contributed by atoms with van der Waals surface area (Å²) in [5.41, 5.74) is 0.629. The Balaban J connectivity index is 2.09. The SMILES string of the molecule is CS(=O)(=O)c1ccc2c(c1)c(O)cc(=O)n2OCc1ccccc1. The fourth-order valence-electron chi connectivity index (χ4n) is 2.35. The molecule has 124 valence electrons. The topological polar surface area (TPSA) is 85.6 Å². The van der Waals surface area contributed by atoms with E-state index >= 15 is 0 Å². The first-order valence-corrected chi connectivity index (χ1v) is 9.01. The number of aromatic nitrogens is 1. The van der Waals surface area contributed by atoms with Gasteiger partial charge in [-0.3, -0.25) is 4.79 Å². The summed E-state index contributed by atoms with van der Waals surface area (Å²) >= 11 is 0. The molecule has 0 saturated carbocycles. The third-order valence-corrected chi connectivity index (χ3v) is 4.66. The summed E-state index contributed by atoms with van der Waals surface area (Å²) < 4.78 is 24.4. The first-order chi connectivity index (χ1) is 11.4. The summed E-state index contributed by atoms with van der Waals surface area (Å²) in [4.78, 5) is 17.7. The predicted molar refractivity (Wildman–Crippen MR) is 89.7 cm³/mol. The van der Waals surface area contributed by atoms with Gasteiger partial charge in [-0.25, -0.2) is 8.42 Å². The van der Waals surface area contributed by atoms with Crippen LogP contribution >= 0.6 is 0 Å². The maximum Gasteiger partial charge on any atom is 0.287 e. The molecule has 6 nitrogen and oxygen atoms in total. The minimum absolute atomic E-state index is 0.0542. The molecule has 0 spiro atoms. The lowest BCUT2D eigenvalue weighted by Gasteiger charge is -2.13. The third-order valence-electron chi connectivity index (χ3n) is 3.55. The van der Waals surface area contributed by atoms with E-state index in [-0.39, 0.29) is 22.6 Å². The van der Waals surface area contributed by atoms with Crippen LogP contribution in [-0.2, 0) is 16.4 Å². The van der Waals surface area contributed by atoms with Crippen LogP contribution in [0.2, 0.25) is 0 Å². The van der Waals surface area contributed by atoms with Gasteiger partial charge in [0.05, 0.1) is 10.4 Å². The first-order valence-electron chi connectivity index (χ1n) is 7.12. The molecule has 3 aromatic rings. The molecular formula is C17H15NO5S. The maximum atomic E-state index is 12.1. The molecule has 0 unspecified atom stereocenters. The van der Waals surface area contributed by atoms with Gasteiger partial charge >= 0.3 is 0 Å². The molecule has 3 rings (SSSR count). The van der Waals surface area contributed by atoms with Gasteiger partial charge in [-0.2, -0.15) is 0 Å². The van der Waals surface area contributed by atoms with E-state index in [0.717, 1.165) is 22.6 Å². The molecule has 0 amide bonds. The number of benzene rings is 2. The minimum Gasteiger partial charge on any atom is -0.507 e. The van der Waals surface area contributed by atoms with Gasteiger partial charge in [-0.05, 0) is 23.8 Å². The third kappa shape index (κ3) is 3.11. The second-order valence-corrected chi connectivity index (χ2v) is 7.39. The van der Waals surface area contributed by atoms with Crippen molar-refractivity contribution in [3.63, 3.8) is 0 Å². The number of pyridine rings is 1. The molecule has 0 fully saturated rings. The molecule has 0 aliphatic heterocycles. The second kappa shape index (κ2) is 6.01. The number of aromatic hydroxyl groups is 1. The Kier molecular flexibility index (Phi) is 4.02. The summed E-state index contributed by atoms with van der Waals surface area (Å²) in [6, 6.07) is 14.4. The molecule has 2 aromatic carbocycles. The Morgan fingerprint density at radius 2 is 1.79 bits per heavy atom. The van der Waals surface area contributed by atoms with E-state index < -0.39 is 15.4 Å². The standard InChI is InChI=1S/C17H15NO5S/c1-24(21,22)13-7-8-15-14(9-13)16(19)10-17(20)18(15)23-11-12-5-3-2-4-6-12/h2-10,19H,11H2,1H3. The van der Waals surface area contributed by atoms with E-state index in [2.05, 4.69) is 0 Å².